The number of aliphatic carboxylic acids is 2. The maximum Gasteiger partial charge on any atom is 0.323 e. The Hall–Kier alpha value is -2.14. The van der Waals surface area contributed by atoms with Crippen LogP contribution in [-0.4, -0.2) is 67.6 Å². The third-order valence-electron chi connectivity index (χ3n) is 2.85. The quantitative estimate of drug-likeness (QED) is 0.273. The molecule has 10 heteroatoms. The van der Waals surface area contributed by atoms with Crippen molar-refractivity contribution in [2.45, 2.75) is 25.2 Å². The third-order valence-corrected chi connectivity index (χ3v) is 2.85. The van der Waals surface area contributed by atoms with Crippen LogP contribution >= 0.6 is 0 Å². The molecule has 22 heavy (non-hydrogen) atoms. The van der Waals surface area contributed by atoms with Crippen LogP contribution in [0, 0.1) is 0 Å². The number of hydrogen-bond acceptors (Lipinski definition) is 8. The Morgan fingerprint density at radius 2 is 1.27 bits per heavy atom. The molecule has 1 heterocycles. The minimum absolute atomic E-state index is 0.0409. The van der Waals surface area contributed by atoms with Gasteiger partial charge in [0.15, 0.2) is 0 Å². The van der Waals surface area contributed by atoms with E-state index >= 15 is 0 Å². The van der Waals surface area contributed by atoms with Crippen LogP contribution in [-0.2, 0) is 22.7 Å². The molecule has 0 amide bonds. The Balaban J connectivity index is 2.69. The van der Waals surface area contributed by atoms with E-state index in [4.69, 9.17) is 20.4 Å². The second kappa shape index (κ2) is 9.00. The van der Waals surface area contributed by atoms with Gasteiger partial charge in [-0.1, -0.05) is 0 Å². The summed E-state index contributed by atoms with van der Waals surface area (Å²) in [6.07, 6.45) is 2.83. The Labute approximate surface area is 125 Å². The van der Waals surface area contributed by atoms with Crippen LogP contribution in [0.5, 0.6) is 0 Å². The number of aromatic nitrogens is 2. The van der Waals surface area contributed by atoms with Crippen molar-refractivity contribution >= 4 is 11.9 Å². The van der Waals surface area contributed by atoms with E-state index in [2.05, 4.69) is 20.6 Å². The normalized spacial score (nSPS) is 13.5. The molecule has 1 aromatic rings. The minimum Gasteiger partial charge on any atom is -0.480 e. The monoisotopic (exact) mass is 314 g/mol. The Morgan fingerprint density at radius 1 is 0.909 bits per heavy atom. The molecule has 0 unspecified atom stereocenters. The standard InChI is InChI=1S/C12H18N4O6/c17-5-9(11(19)20)15-3-7-8(14-2-1-13-7)4-16-10(6-18)12(21)22/h1-2,9-10,15-18H,3-6H2,(H,19,20)(H,21,22)/t9-,10-/m1/s1. The third kappa shape index (κ3) is 5.33. The molecule has 122 valence electrons. The summed E-state index contributed by atoms with van der Waals surface area (Å²) in [6.45, 7) is -1.07. The van der Waals surface area contributed by atoms with Gasteiger partial charge in [-0.2, -0.15) is 0 Å². The molecule has 0 radical (unpaired) electrons. The molecular weight excluding hydrogens is 296 g/mol. The van der Waals surface area contributed by atoms with Crippen molar-refractivity contribution in [1.82, 2.24) is 20.6 Å². The summed E-state index contributed by atoms with van der Waals surface area (Å²) >= 11 is 0. The highest BCUT2D eigenvalue weighted by molar-refractivity contribution is 5.73. The van der Waals surface area contributed by atoms with Crippen molar-refractivity contribution < 1.29 is 30.0 Å². The Morgan fingerprint density at radius 3 is 1.55 bits per heavy atom. The fourth-order valence-electron chi connectivity index (χ4n) is 1.59. The van der Waals surface area contributed by atoms with E-state index in [0.29, 0.717) is 11.4 Å². The second-order valence-electron chi connectivity index (χ2n) is 4.36. The molecule has 0 aromatic carbocycles. The molecule has 10 nitrogen and oxygen atoms in total. The van der Waals surface area contributed by atoms with E-state index in [1.807, 2.05) is 0 Å². The SMILES string of the molecule is O=C(O)[C@@H](CO)NCc1nccnc1CN[C@H](CO)C(=O)O. The van der Waals surface area contributed by atoms with E-state index in [1.165, 1.54) is 12.4 Å². The number of hydrogen-bond donors (Lipinski definition) is 6. The first-order chi connectivity index (χ1) is 10.5. The topological polar surface area (TPSA) is 165 Å². The summed E-state index contributed by atoms with van der Waals surface area (Å²) in [5.41, 5.74) is 0.827. The first-order valence-corrected chi connectivity index (χ1v) is 6.42. The molecule has 0 saturated heterocycles. The fourth-order valence-corrected chi connectivity index (χ4v) is 1.59. The summed E-state index contributed by atoms with van der Waals surface area (Å²) in [4.78, 5) is 29.7. The van der Waals surface area contributed by atoms with Gasteiger partial charge in [0.25, 0.3) is 0 Å². The minimum atomic E-state index is -1.20. The molecule has 1 rings (SSSR count). The lowest BCUT2D eigenvalue weighted by Crippen LogP contribution is -2.41. The number of carboxylic acids is 2. The number of carbonyl (C=O) groups is 2. The molecule has 6 N–H and O–H groups in total. The van der Waals surface area contributed by atoms with Crippen molar-refractivity contribution in [2.24, 2.45) is 0 Å². The van der Waals surface area contributed by atoms with Crippen LogP contribution in [0.4, 0.5) is 0 Å². The van der Waals surface area contributed by atoms with Crippen molar-refractivity contribution in [3.63, 3.8) is 0 Å². The van der Waals surface area contributed by atoms with E-state index in [1.54, 1.807) is 0 Å². The van der Waals surface area contributed by atoms with Crippen LogP contribution < -0.4 is 10.6 Å². The molecule has 0 saturated carbocycles. The molecular formula is C12H18N4O6. The van der Waals surface area contributed by atoms with Crippen molar-refractivity contribution in [2.75, 3.05) is 13.2 Å². The van der Waals surface area contributed by atoms with Crippen LogP contribution in [0.1, 0.15) is 11.4 Å². The molecule has 0 aliphatic heterocycles. The smallest absolute Gasteiger partial charge is 0.323 e. The van der Waals surface area contributed by atoms with Gasteiger partial charge in [0.1, 0.15) is 12.1 Å². The predicted octanol–water partition coefficient (Wildman–Crippen LogP) is -2.45. The van der Waals surface area contributed by atoms with E-state index < -0.39 is 37.2 Å². The summed E-state index contributed by atoms with van der Waals surface area (Å²) < 4.78 is 0. The van der Waals surface area contributed by atoms with E-state index in [0.717, 1.165) is 0 Å². The van der Waals surface area contributed by atoms with Crippen molar-refractivity contribution in [1.29, 1.82) is 0 Å². The number of carboxylic acid groups (broad SMARTS) is 2. The van der Waals surface area contributed by atoms with Gasteiger partial charge in [0.2, 0.25) is 0 Å². The number of aliphatic hydroxyl groups excluding tert-OH is 2. The Bertz CT molecular complexity index is 467. The average molecular weight is 314 g/mol. The molecule has 0 fully saturated rings. The zero-order chi connectivity index (χ0) is 16.5. The number of rotatable bonds is 10. The first-order valence-electron chi connectivity index (χ1n) is 6.42. The number of aliphatic hydroxyl groups is 2. The second-order valence-corrected chi connectivity index (χ2v) is 4.36. The highest BCUT2D eigenvalue weighted by Crippen LogP contribution is 2.02. The average Bonchev–Trinajstić information content (AvgIpc) is 2.49. The van der Waals surface area contributed by atoms with Crippen LogP contribution in [0.15, 0.2) is 12.4 Å². The molecule has 1 aromatic heterocycles. The summed E-state index contributed by atoms with van der Waals surface area (Å²) in [7, 11) is 0. The maximum atomic E-state index is 10.8. The highest BCUT2D eigenvalue weighted by Gasteiger charge is 2.18. The molecule has 0 bridgehead atoms. The van der Waals surface area contributed by atoms with Crippen molar-refractivity contribution in [3.8, 4) is 0 Å². The fraction of sp³-hybridized carbons (Fsp3) is 0.500. The molecule has 0 aliphatic rings. The Kier molecular flexibility index (Phi) is 7.32. The molecule has 2 atom stereocenters. The highest BCUT2D eigenvalue weighted by atomic mass is 16.4. The van der Waals surface area contributed by atoms with Gasteiger partial charge < -0.3 is 20.4 Å². The van der Waals surface area contributed by atoms with E-state index in [9.17, 15) is 9.59 Å². The molecule has 0 spiro atoms. The van der Waals surface area contributed by atoms with Gasteiger partial charge in [0, 0.05) is 25.5 Å². The van der Waals surface area contributed by atoms with Gasteiger partial charge in [-0.3, -0.25) is 30.2 Å². The zero-order valence-electron chi connectivity index (χ0n) is 11.6. The van der Waals surface area contributed by atoms with E-state index in [-0.39, 0.29) is 13.1 Å². The number of nitrogens with one attached hydrogen (secondary N) is 2. The summed E-state index contributed by atoms with van der Waals surface area (Å²) in [5, 5.41) is 40.7. The predicted molar refractivity (Wildman–Crippen MR) is 72.7 cm³/mol. The van der Waals surface area contributed by atoms with Gasteiger partial charge >= 0.3 is 11.9 Å². The lowest BCUT2D eigenvalue weighted by Gasteiger charge is -2.15. The van der Waals surface area contributed by atoms with Gasteiger partial charge in [-0.25, -0.2) is 0 Å². The van der Waals surface area contributed by atoms with Crippen LogP contribution in [0.2, 0.25) is 0 Å². The van der Waals surface area contributed by atoms with Gasteiger partial charge in [0.05, 0.1) is 24.6 Å². The summed E-state index contributed by atoms with van der Waals surface area (Å²) in [5.74, 6) is -2.39. The first kappa shape index (κ1) is 17.9. The van der Waals surface area contributed by atoms with Gasteiger partial charge in [-0.15, -0.1) is 0 Å². The largest absolute Gasteiger partial charge is 0.480 e. The maximum absolute atomic E-state index is 10.8. The van der Waals surface area contributed by atoms with Crippen LogP contribution in [0.25, 0.3) is 0 Å². The lowest BCUT2D eigenvalue weighted by molar-refractivity contribution is -0.141. The summed E-state index contributed by atoms with van der Waals surface area (Å²) in [6, 6.07) is -2.26. The van der Waals surface area contributed by atoms with Crippen LogP contribution in [0.3, 0.4) is 0 Å². The zero-order valence-corrected chi connectivity index (χ0v) is 11.6. The van der Waals surface area contributed by atoms with Crippen molar-refractivity contribution in [3.05, 3.63) is 23.8 Å². The number of nitrogens with zero attached hydrogens (tertiary/aromatic N) is 2. The van der Waals surface area contributed by atoms with Gasteiger partial charge in [-0.05, 0) is 0 Å². The lowest BCUT2D eigenvalue weighted by atomic mass is 10.2. The molecule has 0 aliphatic carbocycles.